The zero-order chi connectivity index (χ0) is 18.8. The minimum absolute atomic E-state index is 0.137. The number of ether oxygens (including phenoxy) is 1. The van der Waals surface area contributed by atoms with E-state index in [0.29, 0.717) is 17.6 Å². The molecule has 2 atom stereocenters. The first-order valence-corrected chi connectivity index (χ1v) is 9.15. The number of nitrogens with zero attached hydrogens (tertiary/aromatic N) is 3. The summed E-state index contributed by atoms with van der Waals surface area (Å²) < 4.78 is 10.9. The van der Waals surface area contributed by atoms with Gasteiger partial charge < -0.3 is 19.5 Å². The van der Waals surface area contributed by atoms with Gasteiger partial charge in [0.15, 0.2) is 11.9 Å². The quantitative estimate of drug-likeness (QED) is 0.858. The number of likely N-dealkylation sites (N-methyl/N-ethyl adjacent to an activating group) is 1. The van der Waals surface area contributed by atoms with Crippen molar-refractivity contribution in [2.75, 3.05) is 13.7 Å². The van der Waals surface area contributed by atoms with Gasteiger partial charge in [-0.2, -0.15) is 4.98 Å². The Balaban J connectivity index is 1.46. The number of hydrogen-bond donors (Lipinski definition) is 1. The molecule has 0 unspecified atom stereocenters. The molecule has 2 aromatic rings. The third-order valence-electron chi connectivity index (χ3n) is 5.11. The van der Waals surface area contributed by atoms with Crippen LogP contribution in [-0.2, 0) is 20.9 Å². The van der Waals surface area contributed by atoms with Gasteiger partial charge in [-0.05, 0) is 18.4 Å². The van der Waals surface area contributed by atoms with E-state index in [2.05, 4.69) is 15.5 Å². The van der Waals surface area contributed by atoms with Gasteiger partial charge in [0.2, 0.25) is 11.8 Å². The lowest BCUT2D eigenvalue weighted by Gasteiger charge is -2.33. The molecule has 2 aliphatic rings. The molecule has 2 amide bonds. The van der Waals surface area contributed by atoms with E-state index in [-0.39, 0.29) is 25.0 Å². The van der Waals surface area contributed by atoms with Crippen molar-refractivity contribution >= 4 is 11.8 Å². The molecule has 0 radical (unpaired) electrons. The minimum atomic E-state index is -0.798. The molecule has 142 valence electrons. The van der Waals surface area contributed by atoms with E-state index in [4.69, 9.17) is 9.26 Å². The summed E-state index contributed by atoms with van der Waals surface area (Å²) in [6, 6.07) is 8.81. The maximum absolute atomic E-state index is 13.0. The molecular formula is C19H22N4O4. The normalized spacial score (nSPS) is 22.8. The van der Waals surface area contributed by atoms with Gasteiger partial charge in [-0.15, -0.1) is 0 Å². The van der Waals surface area contributed by atoms with Crippen LogP contribution < -0.4 is 5.32 Å². The molecule has 1 aromatic carbocycles. The van der Waals surface area contributed by atoms with E-state index in [1.54, 1.807) is 7.05 Å². The third-order valence-corrected chi connectivity index (χ3v) is 5.11. The number of morpholine rings is 1. The Morgan fingerprint density at radius 1 is 1.30 bits per heavy atom. The molecule has 8 heteroatoms. The van der Waals surface area contributed by atoms with Gasteiger partial charge >= 0.3 is 0 Å². The number of rotatable bonds is 5. The highest BCUT2D eigenvalue weighted by Gasteiger charge is 2.38. The van der Waals surface area contributed by atoms with Gasteiger partial charge in [0.1, 0.15) is 6.61 Å². The van der Waals surface area contributed by atoms with Gasteiger partial charge in [0.25, 0.3) is 5.91 Å². The van der Waals surface area contributed by atoms with Crippen LogP contribution in [0.1, 0.15) is 48.5 Å². The Bertz CT molecular complexity index is 818. The average molecular weight is 370 g/mol. The molecule has 8 nitrogen and oxygen atoms in total. The summed E-state index contributed by atoms with van der Waals surface area (Å²) in [6.45, 7) is 0.0893. The predicted octanol–water partition coefficient (Wildman–Crippen LogP) is 1.55. The molecule has 1 aliphatic carbocycles. The first kappa shape index (κ1) is 17.7. The van der Waals surface area contributed by atoms with E-state index >= 15 is 0 Å². The summed E-state index contributed by atoms with van der Waals surface area (Å²) in [4.78, 5) is 30.7. The Morgan fingerprint density at radius 3 is 2.78 bits per heavy atom. The molecular weight excluding hydrogens is 348 g/mol. The van der Waals surface area contributed by atoms with E-state index in [1.807, 2.05) is 30.3 Å². The summed E-state index contributed by atoms with van der Waals surface area (Å²) in [5.74, 6) is 1.01. The van der Waals surface area contributed by atoms with Crippen LogP contribution in [0.3, 0.4) is 0 Å². The maximum Gasteiger partial charge on any atom is 0.254 e. The van der Waals surface area contributed by atoms with Crippen LogP contribution in [0, 0.1) is 0 Å². The largest absolute Gasteiger partial charge is 0.356 e. The second-order valence-corrected chi connectivity index (χ2v) is 7.06. The first-order chi connectivity index (χ1) is 13.1. The lowest BCUT2D eigenvalue weighted by molar-refractivity contribution is -0.154. The number of hydrogen-bond acceptors (Lipinski definition) is 6. The topological polar surface area (TPSA) is 97.6 Å². The van der Waals surface area contributed by atoms with Crippen LogP contribution in [0.4, 0.5) is 0 Å². The molecule has 1 saturated carbocycles. The molecule has 0 spiro atoms. The molecule has 4 rings (SSSR count). The molecule has 2 heterocycles. The Morgan fingerprint density at radius 2 is 2.07 bits per heavy atom. The van der Waals surface area contributed by atoms with Crippen LogP contribution in [0.2, 0.25) is 0 Å². The van der Waals surface area contributed by atoms with Crippen molar-refractivity contribution in [3.05, 3.63) is 47.6 Å². The Kier molecular flexibility index (Phi) is 4.89. The lowest BCUT2D eigenvalue weighted by atomic mass is 9.85. The third kappa shape index (κ3) is 3.71. The van der Waals surface area contributed by atoms with Crippen molar-refractivity contribution in [2.45, 2.75) is 43.9 Å². The second-order valence-electron chi connectivity index (χ2n) is 7.06. The molecule has 1 N–H and O–H groups in total. The second kappa shape index (κ2) is 7.48. The highest BCUT2D eigenvalue weighted by atomic mass is 16.5. The zero-order valence-electron chi connectivity index (χ0n) is 15.1. The van der Waals surface area contributed by atoms with Crippen LogP contribution in [0.5, 0.6) is 0 Å². The van der Waals surface area contributed by atoms with E-state index in [0.717, 1.165) is 18.4 Å². The fourth-order valence-electron chi connectivity index (χ4n) is 3.34. The van der Waals surface area contributed by atoms with Crippen molar-refractivity contribution in [1.82, 2.24) is 20.4 Å². The molecule has 2 fully saturated rings. The number of carbonyl (C=O) groups is 2. The minimum Gasteiger partial charge on any atom is -0.356 e. The van der Waals surface area contributed by atoms with Crippen molar-refractivity contribution < 1.29 is 18.8 Å². The summed E-state index contributed by atoms with van der Waals surface area (Å²) in [5, 5.41) is 6.84. The average Bonchev–Trinajstić information content (AvgIpc) is 3.08. The van der Waals surface area contributed by atoms with Gasteiger partial charge in [-0.1, -0.05) is 41.9 Å². The fraction of sp³-hybridized carbons (Fsp3) is 0.474. The first-order valence-electron chi connectivity index (χ1n) is 9.15. The number of nitrogens with one attached hydrogen (secondary N) is 1. The summed E-state index contributed by atoms with van der Waals surface area (Å²) in [6.07, 6.45) is 2.54. The summed E-state index contributed by atoms with van der Waals surface area (Å²) >= 11 is 0. The number of carbonyl (C=O) groups excluding carboxylic acids is 2. The monoisotopic (exact) mass is 370 g/mol. The maximum atomic E-state index is 13.0. The van der Waals surface area contributed by atoms with Gasteiger partial charge in [-0.3, -0.25) is 9.59 Å². The zero-order valence-corrected chi connectivity index (χ0v) is 15.1. The number of aromatic nitrogens is 2. The molecule has 27 heavy (non-hydrogen) atoms. The molecule has 1 saturated heterocycles. The molecule has 1 aromatic heterocycles. The summed E-state index contributed by atoms with van der Waals surface area (Å²) in [7, 11) is 1.67. The van der Waals surface area contributed by atoms with Crippen molar-refractivity contribution in [2.24, 2.45) is 0 Å². The number of benzene rings is 1. The van der Waals surface area contributed by atoms with Crippen LogP contribution in [0.15, 0.2) is 34.9 Å². The van der Waals surface area contributed by atoms with E-state index in [9.17, 15) is 9.59 Å². The summed E-state index contributed by atoms with van der Waals surface area (Å²) in [5.41, 5.74) is 0.823. The standard InChI is InChI=1S/C19H22N4O4/c1-23(10-14-20-18(27-22-14)13-8-5-9-13)19(25)17-16(21-15(24)11-26-17)12-6-3-2-4-7-12/h2-4,6-7,13,16-17H,5,8-11H2,1H3,(H,21,24)/t16-,17+/m1/s1. The Hall–Kier alpha value is -2.74. The highest BCUT2D eigenvalue weighted by Crippen LogP contribution is 2.35. The predicted molar refractivity (Wildman–Crippen MR) is 94.4 cm³/mol. The fourth-order valence-corrected chi connectivity index (χ4v) is 3.34. The highest BCUT2D eigenvalue weighted by molar-refractivity contribution is 5.86. The van der Waals surface area contributed by atoms with Gasteiger partial charge in [-0.25, -0.2) is 0 Å². The van der Waals surface area contributed by atoms with Gasteiger partial charge in [0, 0.05) is 13.0 Å². The van der Waals surface area contributed by atoms with Gasteiger partial charge in [0.05, 0.1) is 12.6 Å². The van der Waals surface area contributed by atoms with E-state index in [1.165, 1.54) is 11.3 Å². The molecule has 0 bridgehead atoms. The number of amides is 2. The van der Waals surface area contributed by atoms with Crippen LogP contribution in [-0.4, -0.2) is 46.6 Å². The van der Waals surface area contributed by atoms with Crippen LogP contribution >= 0.6 is 0 Å². The Labute approximate surface area is 156 Å². The van der Waals surface area contributed by atoms with Crippen LogP contribution in [0.25, 0.3) is 0 Å². The SMILES string of the molecule is CN(Cc1noc(C2CCC2)n1)C(=O)[C@H]1OCC(=O)N[C@@H]1c1ccccc1. The molecule has 1 aliphatic heterocycles. The smallest absolute Gasteiger partial charge is 0.254 e. The van der Waals surface area contributed by atoms with Crippen molar-refractivity contribution in [1.29, 1.82) is 0 Å². The van der Waals surface area contributed by atoms with E-state index < -0.39 is 12.1 Å². The van der Waals surface area contributed by atoms with Crippen molar-refractivity contribution in [3.8, 4) is 0 Å². The lowest BCUT2D eigenvalue weighted by Crippen LogP contribution is -2.52. The van der Waals surface area contributed by atoms with Crippen molar-refractivity contribution in [3.63, 3.8) is 0 Å².